The molecule has 3 N–H and O–H groups in total. The van der Waals surface area contributed by atoms with Crippen molar-refractivity contribution in [2.24, 2.45) is 5.92 Å². The van der Waals surface area contributed by atoms with E-state index in [1.165, 1.54) is 11.3 Å². The van der Waals surface area contributed by atoms with E-state index in [4.69, 9.17) is 0 Å². The van der Waals surface area contributed by atoms with Crippen molar-refractivity contribution in [3.05, 3.63) is 22.4 Å². The van der Waals surface area contributed by atoms with Crippen molar-refractivity contribution < 1.29 is 9.59 Å². The summed E-state index contributed by atoms with van der Waals surface area (Å²) in [7, 11) is 0. The van der Waals surface area contributed by atoms with Gasteiger partial charge in [-0.3, -0.25) is 9.59 Å². The fourth-order valence-electron chi connectivity index (χ4n) is 2.42. The molecule has 5 nitrogen and oxygen atoms in total. The lowest BCUT2D eigenvalue weighted by atomic mass is 10.0. The lowest BCUT2D eigenvalue weighted by molar-refractivity contribution is -0.124. The second-order valence-electron chi connectivity index (χ2n) is 5.71. The van der Waals surface area contributed by atoms with Crippen molar-refractivity contribution in [3.8, 4) is 0 Å². The Labute approximate surface area is 129 Å². The average Bonchev–Trinajstić information content (AvgIpc) is 3.13. The Kier molecular flexibility index (Phi) is 5.76. The molecule has 0 saturated carbocycles. The predicted octanol–water partition coefficient (Wildman–Crippen LogP) is 1.37. The van der Waals surface area contributed by atoms with Crippen LogP contribution < -0.4 is 16.0 Å². The van der Waals surface area contributed by atoms with Gasteiger partial charge in [0.1, 0.15) is 6.04 Å². The maximum Gasteiger partial charge on any atom is 0.262 e. The molecule has 2 unspecified atom stereocenters. The van der Waals surface area contributed by atoms with Gasteiger partial charge >= 0.3 is 0 Å². The molecular weight excluding hydrogens is 286 g/mol. The first-order chi connectivity index (χ1) is 10.1. The molecule has 116 valence electrons. The summed E-state index contributed by atoms with van der Waals surface area (Å²) in [6, 6.07) is 3.45. The van der Waals surface area contributed by atoms with Crippen molar-refractivity contribution in [2.45, 2.75) is 38.8 Å². The molecule has 1 aromatic heterocycles. The van der Waals surface area contributed by atoms with Gasteiger partial charge in [-0.1, -0.05) is 19.9 Å². The van der Waals surface area contributed by atoms with Gasteiger partial charge in [-0.15, -0.1) is 11.3 Å². The van der Waals surface area contributed by atoms with Gasteiger partial charge in [0, 0.05) is 12.6 Å². The minimum absolute atomic E-state index is 0.0467. The Hall–Kier alpha value is -1.40. The highest BCUT2D eigenvalue weighted by atomic mass is 32.1. The zero-order valence-electron chi connectivity index (χ0n) is 12.5. The SMILES string of the molecule is CC(C)C(NC(=O)c1cccs1)C(=O)NCC1CCCN1. The van der Waals surface area contributed by atoms with Crippen LogP contribution in [0.4, 0.5) is 0 Å². The number of hydrogen-bond donors (Lipinski definition) is 3. The molecule has 6 heteroatoms. The molecule has 0 aromatic carbocycles. The van der Waals surface area contributed by atoms with Crippen LogP contribution >= 0.6 is 11.3 Å². The largest absolute Gasteiger partial charge is 0.353 e. The van der Waals surface area contributed by atoms with Gasteiger partial charge in [-0.2, -0.15) is 0 Å². The van der Waals surface area contributed by atoms with E-state index in [0.29, 0.717) is 17.5 Å². The molecular formula is C15H23N3O2S. The molecule has 2 amide bonds. The van der Waals surface area contributed by atoms with Crippen LogP contribution in [0.1, 0.15) is 36.4 Å². The fourth-order valence-corrected chi connectivity index (χ4v) is 3.05. The smallest absolute Gasteiger partial charge is 0.262 e. The van der Waals surface area contributed by atoms with E-state index < -0.39 is 6.04 Å². The topological polar surface area (TPSA) is 70.2 Å². The van der Waals surface area contributed by atoms with Crippen molar-refractivity contribution in [3.63, 3.8) is 0 Å². The first-order valence-electron chi connectivity index (χ1n) is 7.43. The van der Waals surface area contributed by atoms with Crippen LogP contribution in [-0.2, 0) is 4.79 Å². The third-order valence-electron chi connectivity index (χ3n) is 3.67. The quantitative estimate of drug-likeness (QED) is 0.743. The molecule has 0 bridgehead atoms. The summed E-state index contributed by atoms with van der Waals surface area (Å²) in [6.45, 7) is 5.51. The molecule has 1 aromatic rings. The third kappa shape index (κ3) is 4.54. The van der Waals surface area contributed by atoms with Gasteiger partial charge < -0.3 is 16.0 Å². The molecule has 2 rings (SSSR count). The van der Waals surface area contributed by atoms with Crippen molar-refractivity contribution in [1.29, 1.82) is 0 Å². The molecule has 1 aliphatic rings. The van der Waals surface area contributed by atoms with Crippen LogP contribution in [-0.4, -0.2) is 37.0 Å². The second-order valence-corrected chi connectivity index (χ2v) is 6.66. The Morgan fingerprint density at radius 1 is 1.48 bits per heavy atom. The summed E-state index contributed by atoms with van der Waals surface area (Å²) in [5.41, 5.74) is 0. The predicted molar refractivity (Wildman–Crippen MR) is 84.4 cm³/mol. The van der Waals surface area contributed by atoms with Crippen LogP contribution in [0.3, 0.4) is 0 Å². The summed E-state index contributed by atoms with van der Waals surface area (Å²) in [6.07, 6.45) is 2.25. The number of carbonyl (C=O) groups is 2. The lowest BCUT2D eigenvalue weighted by Gasteiger charge is -2.22. The monoisotopic (exact) mass is 309 g/mol. The molecule has 0 aliphatic carbocycles. The first-order valence-corrected chi connectivity index (χ1v) is 8.31. The highest BCUT2D eigenvalue weighted by Gasteiger charge is 2.25. The highest BCUT2D eigenvalue weighted by molar-refractivity contribution is 7.12. The molecule has 0 radical (unpaired) electrons. The molecule has 2 atom stereocenters. The number of amides is 2. The van der Waals surface area contributed by atoms with E-state index in [9.17, 15) is 9.59 Å². The summed E-state index contributed by atoms with van der Waals surface area (Å²) in [5.74, 6) is -0.244. The van der Waals surface area contributed by atoms with E-state index in [1.54, 1.807) is 6.07 Å². The Morgan fingerprint density at radius 3 is 2.86 bits per heavy atom. The van der Waals surface area contributed by atoms with Crippen molar-refractivity contribution in [2.75, 3.05) is 13.1 Å². The number of nitrogens with one attached hydrogen (secondary N) is 3. The first kappa shape index (κ1) is 16.0. The summed E-state index contributed by atoms with van der Waals surface area (Å²) >= 11 is 1.38. The van der Waals surface area contributed by atoms with Crippen LogP contribution in [0.2, 0.25) is 0 Å². The summed E-state index contributed by atoms with van der Waals surface area (Å²) in [4.78, 5) is 25.0. The van der Waals surface area contributed by atoms with Crippen molar-refractivity contribution in [1.82, 2.24) is 16.0 Å². The Bertz CT molecular complexity index is 467. The van der Waals surface area contributed by atoms with Crippen LogP contribution in [0, 0.1) is 5.92 Å². The molecule has 2 heterocycles. The highest BCUT2D eigenvalue weighted by Crippen LogP contribution is 2.10. The lowest BCUT2D eigenvalue weighted by Crippen LogP contribution is -2.51. The minimum Gasteiger partial charge on any atom is -0.353 e. The minimum atomic E-state index is -0.499. The van der Waals surface area contributed by atoms with Gasteiger partial charge in [0.2, 0.25) is 5.91 Å². The van der Waals surface area contributed by atoms with Gasteiger partial charge in [0.05, 0.1) is 4.88 Å². The molecule has 21 heavy (non-hydrogen) atoms. The fraction of sp³-hybridized carbons (Fsp3) is 0.600. The van der Waals surface area contributed by atoms with Crippen LogP contribution in [0.25, 0.3) is 0 Å². The second kappa shape index (κ2) is 7.56. The van der Waals surface area contributed by atoms with Crippen molar-refractivity contribution >= 4 is 23.2 Å². The summed E-state index contributed by atoms with van der Waals surface area (Å²) < 4.78 is 0. The Balaban J connectivity index is 1.88. The zero-order chi connectivity index (χ0) is 15.2. The maximum absolute atomic E-state index is 12.3. The average molecular weight is 309 g/mol. The summed E-state index contributed by atoms with van der Waals surface area (Å²) in [5, 5.41) is 11.0. The molecule has 1 fully saturated rings. The van der Waals surface area contributed by atoms with Gasteiger partial charge in [-0.25, -0.2) is 0 Å². The third-order valence-corrected chi connectivity index (χ3v) is 4.53. The maximum atomic E-state index is 12.3. The number of thiophene rings is 1. The Morgan fingerprint density at radius 2 is 2.29 bits per heavy atom. The van der Waals surface area contributed by atoms with E-state index >= 15 is 0 Å². The van der Waals surface area contributed by atoms with Crippen LogP contribution in [0.15, 0.2) is 17.5 Å². The van der Waals surface area contributed by atoms with Crippen LogP contribution in [0.5, 0.6) is 0 Å². The van der Waals surface area contributed by atoms with E-state index in [2.05, 4.69) is 16.0 Å². The molecule has 1 aliphatic heterocycles. The van der Waals surface area contributed by atoms with E-state index in [0.717, 1.165) is 19.4 Å². The van der Waals surface area contributed by atoms with E-state index in [-0.39, 0.29) is 17.7 Å². The standard InChI is InChI=1S/C15H23N3O2S/c1-10(2)13(18-14(19)12-6-4-8-21-12)15(20)17-9-11-5-3-7-16-11/h4,6,8,10-11,13,16H,3,5,7,9H2,1-2H3,(H,17,20)(H,18,19). The number of rotatable bonds is 6. The van der Waals surface area contributed by atoms with E-state index in [1.807, 2.05) is 25.3 Å². The van der Waals surface area contributed by atoms with Gasteiger partial charge in [0.25, 0.3) is 5.91 Å². The van der Waals surface area contributed by atoms with Gasteiger partial charge in [0.15, 0.2) is 0 Å². The number of carbonyl (C=O) groups excluding carboxylic acids is 2. The number of hydrogen-bond acceptors (Lipinski definition) is 4. The zero-order valence-corrected chi connectivity index (χ0v) is 13.3. The molecule has 0 spiro atoms. The molecule has 1 saturated heterocycles. The normalized spacial score (nSPS) is 19.5. The van der Waals surface area contributed by atoms with Gasteiger partial charge in [-0.05, 0) is 36.8 Å².